The zero-order valence-electron chi connectivity index (χ0n) is 55.9. The molecule has 1 N–H and O–H groups in total. The Balaban J connectivity index is 2.75. The quantitative estimate of drug-likeness (QED) is 0.0612. The third-order valence-corrected chi connectivity index (χ3v) is 18.7. The van der Waals surface area contributed by atoms with Crippen LogP contribution in [-0.4, -0.2) is 111 Å². The number of hydrogen-bond acceptors (Lipinski definition) is 5. The van der Waals surface area contributed by atoms with E-state index >= 15 is 0 Å². The molecule has 0 amide bonds. The van der Waals surface area contributed by atoms with Gasteiger partial charge in [-0.2, -0.15) is 0 Å². The van der Waals surface area contributed by atoms with Crippen molar-refractivity contribution in [2.45, 2.75) is 394 Å². The van der Waals surface area contributed by atoms with Gasteiger partial charge < -0.3 is 20.0 Å². The van der Waals surface area contributed by atoms with E-state index in [-0.39, 0.29) is 0 Å². The fourth-order valence-electron chi connectivity index (χ4n) is 13.0. The second-order valence-electron chi connectivity index (χ2n) is 26.6. The van der Waals surface area contributed by atoms with E-state index in [4.69, 9.17) is 0 Å². The monoisotopic (exact) mass is 1110 g/mol. The number of piperazine rings is 1. The lowest BCUT2D eigenvalue weighted by atomic mass is 10.0. The van der Waals surface area contributed by atoms with Gasteiger partial charge in [0.05, 0.1) is 0 Å². The van der Waals surface area contributed by atoms with E-state index in [1.54, 1.807) is 0 Å². The van der Waals surface area contributed by atoms with Crippen LogP contribution in [-0.2, 0) is 0 Å². The molecule has 5 heteroatoms. The molecule has 474 valence electrons. The van der Waals surface area contributed by atoms with Crippen LogP contribution < -0.4 is 5.32 Å². The summed E-state index contributed by atoms with van der Waals surface area (Å²) in [6.45, 7) is 28.4. The van der Waals surface area contributed by atoms with Crippen LogP contribution in [0.25, 0.3) is 0 Å². The first-order chi connectivity index (χ1) is 39.2. The number of nitrogens with zero attached hydrogens (tertiary/aromatic N) is 4. The van der Waals surface area contributed by atoms with Crippen LogP contribution in [0.2, 0.25) is 0 Å². The van der Waals surface area contributed by atoms with Gasteiger partial charge in [0.1, 0.15) is 0 Å². The number of nitrogens with one attached hydrogen (secondary N) is 1. The highest BCUT2D eigenvalue weighted by molar-refractivity contribution is 4.79. The molecule has 0 bridgehead atoms. The van der Waals surface area contributed by atoms with Crippen molar-refractivity contribution < 1.29 is 0 Å². The van der Waals surface area contributed by atoms with Gasteiger partial charge in [0.25, 0.3) is 0 Å². The Morgan fingerprint density at radius 3 is 0.759 bits per heavy atom. The van der Waals surface area contributed by atoms with Gasteiger partial charge in [-0.1, -0.05) is 349 Å². The first kappa shape index (κ1) is 76.8. The van der Waals surface area contributed by atoms with E-state index in [0.29, 0.717) is 6.04 Å². The Bertz CT molecular complexity index is 1040. The lowest BCUT2D eigenvalue weighted by Crippen LogP contribution is -2.50. The second-order valence-corrected chi connectivity index (χ2v) is 26.6. The van der Waals surface area contributed by atoms with E-state index < -0.39 is 0 Å². The van der Waals surface area contributed by atoms with Crippen LogP contribution in [0.3, 0.4) is 0 Å². The standard InChI is InChI=1S/C74H153N5/c1-6-11-16-21-26-31-36-38-43-46-51-56-62-76(63-57-52-47-44-39-37-32-27-22-17-12-7-2)67-70-78-71-68-77(69-72-78)66-60-74(75-61-55-50-45-40-33-28-23-18-13-8-3)73-79(64-58-53-48-41-34-29-24-19-14-9-4)65-59-54-49-42-35-30-25-20-15-10-5/h74-75H,6-73H2,1-5H3. The van der Waals surface area contributed by atoms with Gasteiger partial charge in [-0.3, -0.25) is 4.90 Å². The molecule has 0 radical (unpaired) electrons. The first-order valence-corrected chi connectivity index (χ1v) is 37.8. The topological polar surface area (TPSA) is 25.0 Å². The van der Waals surface area contributed by atoms with Gasteiger partial charge in [-0.15, -0.1) is 0 Å². The Morgan fingerprint density at radius 1 is 0.253 bits per heavy atom. The normalized spacial score (nSPS) is 14.0. The maximum absolute atomic E-state index is 4.24. The summed E-state index contributed by atoms with van der Waals surface area (Å²) in [6.07, 6.45) is 79.0. The smallest absolute Gasteiger partial charge is 0.0207 e. The van der Waals surface area contributed by atoms with Crippen LogP contribution in [0.5, 0.6) is 0 Å². The highest BCUT2D eigenvalue weighted by Gasteiger charge is 2.21. The summed E-state index contributed by atoms with van der Waals surface area (Å²) in [5.41, 5.74) is 0. The summed E-state index contributed by atoms with van der Waals surface area (Å²) in [5.74, 6) is 0. The molecule has 0 aromatic carbocycles. The van der Waals surface area contributed by atoms with E-state index in [1.807, 2.05) is 0 Å². The van der Waals surface area contributed by atoms with Gasteiger partial charge in [-0.25, -0.2) is 0 Å². The average Bonchev–Trinajstić information content (AvgIpc) is 3.46. The van der Waals surface area contributed by atoms with Crippen LogP contribution in [0.4, 0.5) is 0 Å². The minimum Gasteiger partial charge on any atom is -0.313 e. The molecule has 1 rings (SSSR count). The van der Waals surface area contributed by atoms with E-state index in [1.165, 1.54) is 438 Å². The minimum absolute atomic E-state index is 0.622. The number of unbranched alkanes of at least 4 members (excludes halogenated alkanes) is 49. The van der Waals surface area contributed by atoms with Crippen molar-refractivity contribution in [3.8, 4) is 0 Å². The van der Waals surface area contributed by atoms with E-state index in [2.05, 4.69) is 59.5 Å². The first-order valence-electron chi connectivity index (χ1n) is 37.8. The maximum Gasteiger partial charge on any atom is 0.0207 e. The lowest BCUT2D eigenvalue weighted by Gasteiger charge is -2.37. The molecular formula is C74H153N5. The molecule has 0 aromatic rings. The molecule has 1 fully saturated rings. The SMILES string of the molecule is CCCCCCCCCCCCCCN(CCCCCCCCCCCCCC)CCN1CCN(CCC(CN(CCCCCCCCCCCC)CCCCCCCCCCCC)NCCCCCCCCCCCC)CC1. The molecule has 0 aromatic heterocycles. The fourth-order valence-corrected chi connectivity index (χ4v) is 13.0. The van der Waals surface area contributed by atoms with Crippen molar-refractivity contribution in [3.63, 3.8) is 0 Å². The van der Waals surface area contributed by atoms with Crippen LogP contribution in [0, 0.1) is 0 Å². The van der Waals surface area contributed by atoms with Crippen molar-refractivity contribution in [1.82, 2.24) is 24.9 Å². The van der Waals surface area contributed by atoms with Gasteiger partial charge in [0.15, 0.2) is 0 Å². The molecule has 1 aliphatic heterocycles. The molecule has 1 unspecified atom stereocenters. The molecule has 0 aliphatic carbocycles. The van der Waals surface area contributed by atoms with Crippen LogP contribution in [0.1, 0.15) is 388 Å². The third kappa shape index (κ3) is 56.7. The molecule has 1 heterocycles. The summed E-state index contributed by atoms with van der Waals surface area (Å²) in [7, 11) is 0. The number of hydrogen-bond donors (Lipinski definition) is 1. The highest BCUT2D eigenvalue weighted by atomic mass is 15.3. The molecule has 0 spiro atoms. The fraction of sp³-hybridized carbons (Fsp3) is 1.00. The van der Waals surface area contributed by atoms with Crippen molar-refractivity contribution in [2.75, 3.05) is 85.1 Å². The van der Waals surface area contributed by atoms with Gasteiger partial charge in [0, 0.05) is 51.9 Å². The highest BCUT2D eigenvalue weighted by Crippen LogP contribution is 2.18. The van der Waals surface area contributed by atoms with E-state index in [9.17, 15) is 0 Å². The summed E-state index contributed by atoms with van der Waals surface area (Å²) in [5, 5.41) is 4.24. The van der Waals surface area contributed by atoms with Crippen LogP contribution in [0.15, 0.2) is 0 Å². The summed E-state index contributed by atoms with van der Waals surface area (Å²) >= 11 is 0. The van der Waals surface area contributed by atoms with Crippen molar-refractivity contribution in [2.24, 2.45) is 0 Å². The van der Waals surface area contributed by atoms with Crippen molar-refractivity contribution in [3.05, 3.63) is 0 Å². The molecule has 1 saturated heterocycles. The lowest BCUT2D eigenvalue weighted by molar-refractivity contribution is 0.112. The summed E-state index contributed by atoms with van der Waals surface area (Å²) in [4.78, 5) is 11.6. The molecule has 1 atom stereocenters. The average molecular weight is 1110 g/mol. The molecule has 5 nitrogen and oxygen atoms in total. The maximum atomic E-state index is 4.24. The largest absolute Gasteiger partial charge is 0.313 e. The zero-order chi connectivity index (χ0) is 56.7. The van der Waals surface area contributed by atoms with Crippen LogP contribution >= 0.6 is 0 Å². The third-order valence-electron chi connectivity index (χ3n) is 18.7. The number of rotatable bonds is 68. The Hall–Kier alpha value is -0.200. The molecular weight excluding hydrogens is 959 g/mol. The van der Waals surface area contributed by atoms with Crippen molar-refractivity contribution in [1.29, 1.82) is 0 Å². The Kier molecular flexibility index (Phi) is 63.5. The molecule has 0 saturated carbocycles. The van der Waals surface area contributed by atoms with Gasteiger partial charge in [-0.05, 0) is 77.8 Å². The van der Waals surface area contributed by atoms with Gasteiger partial charge in [0.2, 0.25) is 0 Å². The Labute approximate surface area is 501 Å². The molecule has 79 heavy (non-hydrogen) atoms. The van der Waals surface area contributed by atoms with Gasteiger partial charge >= 0.3 is 0 Å². The summed E-state index contributed by atoms with van der Waals surface area (Å²) in [6, 6.07) is 0.622. The Morgan fingerprint density at radius 2 is 0.481 bits per heavy atom. The van der Waals surface area contributed by atoms with Crippen molar-refractivity contribution >= 4 is 0 Å². The predicted octanol–water partition coefficient (Wildman–Crippen LogP) is 22.7. The molecule has 1 aliphatic rings. The van der Waals surface area contributed by atoms with E-state index in [0.717, 1.165) is 0 Å². The minimum atomic E-state index is 0.622. The summed E-state index contributed by atoms with van der Waals surface area (Å²) < 4.78 is 0. The second kappa shape index (κ2) is 65.3. The zero-order valence-corrected chi connectivity index (χ0v) is 55.9. The predicted molar refractivity (Wildman–Crippen MR) is 360 cm³/mol.